The van der Waals surface area contributed by atoms with E-state index >= 15 is 0 Å². The normalized spacial score (nSPS) is 20.2. The van der Waals surface area contributed by atoms with Gasteiger partial charge in [-0.2, -0.15) is 0 Å². The quantitative estimate of drug-likeness (QED) is 0.832. The lowest BCUT2D eigenvalue weighted by Gasteiger charge is -2.26. The minimum atomic E-state index is 0.642. The largest absolute Gasteiger partial charge is 0.399 e. The van der Waals surface area contributed by atoms with E-state index < -0.39 is 0 Å². The van der Waals surface area contributed by atoms with Crippen molar-refractivity contribution in [1.82, 2.24) is 19.8 Å². The second kappa shape index (κ2) is 5.42. The smallest absolute Gasteiger partial charge is 0.121 e. The zero-order chi connectivity index (χ0) is 14.1. The highest BCUT2D eigenvalue weighted by Crippen LogP contribution is 2.21. The molecule has 1 aliphatic rings. The van der Waals surface area contributed by atoms with Crippen molar-refractivity contribution in [1.29, 1.82) is 0 Å². The Kier molecular flexibility index (Phi) is 3.63. The molecule has 3 rings (SSSR count). The standard InChI is InChI=1S/C15H23N5/c1-19(2)9-12-4-3-7-20(12)10-15-17-13-6-5-11(16)8-14(13)18-15/h5-6,8,12H,3-4,7,9-10,16H2,1-2H3,(H,17,18). The van der Waals surface area contributed by atoms with Gasteiger partial charge in [-0.25, -0.2) is 4.98 Å². The Morgan fingerprint density at radius 2 is 2.30 bits per heavy atom. The van der Waals surface area contributed by atoms with Crippen LogP contribution in [-0.2, 0) is 6.54 Å². The number of benzene rings is 1. The molecule has 0 saturated carbocycles. The number of anilines is 1. The van der Waals surface area contributed by atoms with Gasteiger partial charge in [0.15, 0.2) is 0 Å². The Labute approximate surface area is 119 Å². The van der Waals surface area contributed by atoms with Crippen LogP contribution < -0.4 is 5.73 Å². The van der Waals surface area contributed by atoms with Gasteiger partial charge in [0.25, 0.3) is 0 Å². The third-order valence-corrected chi connectivity index (χ3v) is 3.98. The van der Waals surface area contributed by atoms with Crippen LogP contribution in [0.1, 0.15) is 18.7 Å². The van der Waals surface area contributed by atoms with E-state index in [1.807, 2.05) is 18.2 Å². The molecule has 1 fully saturated rings. The lowest BCUT2D eigenvalue weighted by atomic mass is 10.2. The highest BCUT2D eigenvalue weighted by molar-refractivity contribution is 5.78. The van der Waals surface area contributed by atoms with Crippen LogP contribution in [0.5, 0.6) is 0 Å². The van der Waals surface area contributed by atoms with Crippen LogP contribution >= 0.6 is 0 Å². The van der Waals surface area contributed by atoms with Crippen LogP contribution in [0.2, 0.25) is 0 Å². The number of hydrogen-bond acceptors (Lipinski definition) is 4. The molecule has 0 radical (unpaired) electrons. The van der Waals surface area contributed by atoms with Crippen molar-refractivity contribution >= 4 is 16.7 Å². The third-order valence-electron chi connectivity index (χ3n) is 3.98. The number of aromatic amines is 1. The molecule has 1 atom stereocenters. The molecule has 0 aliphatic carbocycles. The van der Waals surface area contributed by atoms with Gasteiger partial charge in [0, 0.05) is 18.3 Å². The predicted molar refractivity (Wildman–Crippen MR) is 82.5 cm³/mol. The minimum absolute atomic E-state index is 0.642. The maximum absolute atomic E-state index is 5.81. The van der Waals surface area contributed by atoms with Crippen molar-refractivity contribution in [2.75, 3.05) is 32.9 Å². The molecule has 1 unspecified atom stereocenters. The first-order valence-corrected chi connectivity index (χ1v) is 7.25. The number of nitrogens with two attached hydrogens (primary N) is 1. The van der Waals surface area contributed by atoms with Gasteiger partial charge in [-0.15, -0.1) is 0 Å². The van der Waals surface area contributed by atoms with Crippen LogP contribution in [0.25, 0.3) is 11.0 Å². The summed E-state index contributed by atoms with van der Waals surface area (Å²) in [4.78, 5) is 12.9. The zero-order valence-corrected chi connectivity index (χ0v) is 12.3. The average Bonchev–Trinajstić information content (AvgIpc) is 2.95. The van der Waals surface area contributed by atoms with E-state index in [1.54, 1.807) is 0 Å². The zero-order valence-electron chi connectivity index (χ0n) is 12.3. The summed E-state index contributed by atoms with van der Waals surface area (Å²) in [7, 11) is 4.28. The van der Waals surface area contributed by atoms with Crippen LogP contribution in [0.4, 0.5) is 5.69 Å². The second-order valence-corrected chi connectivity index (χ2v) is 5.99. The number of hydrogen-bond donors (Lipinski definition) is 2. The van der Waals surface area contributed by atoms with E-state index in [1.165, 1.54) is 12.8 Å². The lowest BCUT2D eigenvalue weighted by molar-refractivity contribution is 0.197. The van der Waals surface area contributed by atoms with Gasteiger partial charge in [-0.3, -0.25) is 4.90 Å². The van der Waals surface area contributed by atoms with E-state index in [9.17, 15) is 0 Å². The number of nitrogen functional groups attached to an aromatic ring is 1. The second-order valence-electron chi connectivity index (χ2n) is 5.99. The average molecular weight is 273 g/mol. The Hall–Kier alpha value is -1.59. The van der Waals surface area contributed by atoms with Crippen LogP contribution in [0, 0.1) is 0 Å². The maximum atomic E-state index is 5.81. The molecule has 3 N–H and O–H groups in total. The van der Waals surface area contributed by atoms with E-state index in [0.29, 0.717) is 6.04 Å². The fraction of sp³-hybridized carbons (Fsp3) is 0.533. The summed E-state index contributed by atoms with van der Waals surface area (Å²) in [6.07, 6.45) is 2.57. The molecular weight excluding hydrogens is 250 g/mol. The fourth-order valence-corrected chi connectivity index (χ4v) is 3.08. The van der Waals surface area contributed by atoms with Crippen LogP contribution in [0.3, 0.4) is 0 Å². The summed E-state index contributed by atoms with van der Waals surface area (Å²) in [5, 5.41) is 0. The highest BCUT2D eigenvalue weighted by atomic mass is 15.2. The predicted octanol–water partition coefficient (Wildman–Crippen LogP) is 1.67. The molecule has 2 heterocycles. The molecule has 1 aromatic carbocycles. The van der Waals surface area contributed by atoms with E-state index in [0.717, 1.165) is 42.2 Å². The molecule has 20 heavy (non-hydrogen) atoms. The van der Waals surface area contributed by atoms with E-state index in [4.69, 9.17) is 5.73 Å². The van der Waals surface area contributed by atoms with Crippen molar-refractivity contribution in [2.24, 2.45) is 0 Å². The topological polar surface area (TPSA) is 61.2 Å². The van der Waals surface area contributed by atoms with Gasteiger partial charge < -0.3 is 15.6 Å². The number of imidazole rings is 1. The molecule has 5 nitrogen and oxygen atoms in total. The first kappa shape index (κ1) is 13.4. The molecule has 0 bridgehead atoms. The van der Waals surface area contributed by atoms with Crippen molar-refractivity contribution in [3.8, 4) is 0 Å². The van der Waals surface area contributed by atoms with Crippen LogP contribution in [0.15, 0.2) is 18.2 Å². The highest BCUT2D eigenvalue weighted by Gasteiger charge is 2.25. The molecule has 0 spiro atoms. The van der Waals surface area contributed by atoms with Crippen molar-refractivity contribution in [2.45, 2.75) is 25.4 Å². The maximum Gasteiger partial charge on any atom is 0.121 e. The van der Waals surface area contributed by atoms with Gasteiger partial charge in [0.1, 0.15) is 5.82 Å². The summed E-state index contributed by atoms with van der Waals surface area (Å²) in [6.45, 7) is 3.18. The van der Waals surface area contributed by atoms with Crippen molar-refractivity contribution in [3.05, 3.63) is 24.0 Å². The molecule has 2 aromatic rings. The number of fused-ring (bicyclic) bond motifs is 1. The summed E-state index contributed by atoms with van der Waals surface area (Å²) in [5.74, 6) is 1.04. The number of nitrogens with zero attached hydrogens (tertiary/aromatic N) is 3. The number of nitrogens with one attached hydrogen (secondary N) is 1. The van der Waals surface area contributed by atoms with Gasteiger partial charge in [0.05, 0.1) is 17.6 Å². The van der Waals surface area contributed by atoms with Gasteiger partial charge in [0.2, 0.25) is 0 Å². The number of H-pyrrole nitrogens is 1. The number of likely N-dealkylation sites (N-methyl/N-ethyl adjacent to an activating group) is 1. The van der Waals surface area contributed by atoms with Crippen molar-refractivity contribution < 1.29 is 0 Å². The minimum Gasteiger partial charge on any atom is -0.399 e. The van der Waals surface area contributed by atoms with E-state index in [2.05, 4.69) is 33.9 Å². The molecule has 108 valence electrons. The number of likely N-dealkylation sites (tertiary alicyclic amines) is 1. The molecule has 1 saturated heterocycles. The third kappa shape index (κ3) is 2.78. The van der Waals surface area contributed by atoms with Gasteiger partial charge in [-0.05, 0) is 51.7 Å². The number of rotatable bonds is 4. The monoisotopic (exact) mass is 273 g/mol. The summed E-state index contributed by atoms with van der Waals surface area (Å²) in [5.41, 5.74) is 8.62. The van der Waals surface area contributed by atoms with Crippen LogP contribution in [-0.4, -0.2) is 53.0 Å². The molecule has 0 amide bonds. The Balaban J connectivity index is 1.75. The first-order valence-electron chi connectivity index (χ1n) is 7.25. The Morgan fingerprint density at radius 3 is 3.10 bits per heavy atom. The summed E-state index contributed by atoms with van der Waals surface area (Å²) < 4.78 is 0. The summed E-state index contributed by atoms with van der Waals surface area (Å²) in [6, 6.07) is 6.47. The van der Waals surface area contributed by atoms with Crippen molar-refractivity contribution in [3.63, 3.8) is 0 Å². The SMILES string of the molecule is CN(C)CC1CCCN1Cc1nc2ccc(N)cc2[nH]1. The molecular formula is C15H23N5. The van der Waals surface area contributed by atoms with Gasteiger partial charge in [-0.1, -0.05) is 0 Å². The molecule has 5 heteroatoms. The fourth-order valence-electron chi connectivity index (χ4n) is 3.08. The lowest BCUT2D eigenvalue weighted by Crippen LogP contribution is -2.37. The van der Waals surface area contributed by atoms with E-state index in [-0.39, 0.29) is 0 Å². The molecule has 1 aliphatic heterocycles. The Morgan fingerprint density at radius 1 is 1.45 bits per heavy atom. The summed E-state index contributed by atoms with van der Waals surface area (Å²) >= 11 is 0. The first-order chi connectivity index (χ1) is 9.61. The molecule has 1 aromatic heterocycles. The number of aromatic nitrogens is 2. The van der Waals surface area contributed by atoms with Gasteiger partial charge >= 0.3 is 0 Å². The Bertz CT molecular complexity index is 589.